The standard InChI is InChI=1S/C40H57O4P/c1-25-18-28-24-29-19-26(2)21-33(40(12,13)14)36(29)44-45(43-35(28)32(20-25)39(9,10)11)42-17-15-16-27-22-30(37(3,4)5)34(41)31(23-27)38(6,7)8/h18-23,41H,15-17,24H2,1-14H3. The molecule has 0 fully saturated rings. The second kappa shape index (κ2) is 12.6. The summed E-state index contributed by atoms with van der Waals surface area (Å²) in [5.74, 6) is 2.21. The van der Waals surface area contributed by atoms with Crippen LogP contribution in [0.5, 0.6) is 17.2 Å². The number of aromatic hydroxyl groups is 1. The van der Waals surface area contributed by atoms with E-state index in [0.29, 0.717) is 12.4 Å². The molecular weight excluding hydrogens is 575 g/mol. The first kappa shape index (κ1) is 35.3. The van der Waals surface area contributed by atoms with Gasteiger partial charge in [-0.1, -0.05) is 131 Å². The number of rotatable bonds is 5. The molecule has 0 amide bonds. The van der Waals surface area contributed by atoms with E-state index in [1.54, 1.807) is 0 Å². The van der Waals surface area contributed by atoms with Crippen molar-refractivity contribution in [2.45, 2.75) is 138 Å². The van der Waals surface area contributed by atoms with Gasteiger partial charge < -0.3 is 14.2 Å². The Labute approximate surface area is 274 Å². The first-order chi connectivity index (χ1) is 20.6. The van der Waals surface area contributed by atoms with E-state index in [1.807, 2.05) is 0 Å². The van der Waals surface area contributed by atoms with Gasteiger partial charge in [0.05, 0.1) is 6.61 Å². The zero-order chi connectivity index (χ0) is 33.7. The van der Waals surface area contributed by atoms with Crippen molar-refractivity contribution < 1.29 is 18.7 Å². The molecule has 0 unspecified atom stereocenters. The summed E-state index contributed by atoms with van der Waals surface area (Å²) in [7, 11) is -1.71. The van der Waals surface area contributed by atoms with Crippen LogP contribution in [0.15, 0.2) is 36.4 Å². The molecule has 0 aromatic heterocycles. The molecule has 0 spiro atoms. The van der Waals surface area contributed by atoms with E-state index in [0.717, 1.165) is 41.9 Å². The molecule has 0 bridgehead atoms. The molecule has 1 aliphatic rings. The van der Waals surface area contributed by atoms with Gasteiger partial charge in [0.1, 0.15) is 17.2 Å². The second-order valence-corrected chi connectivity index (χ2v) is 18.2. The summed E-state index contributed by atoms with van der Waals surface area (Å²) in [6, 6.07) is 13.3. The average Bonchev–Trinajstić information content (AvgIpc) is 2.85. The van der Waals surface area contributed by atoms with Crippen LogP contribution >= 0.6 is 8.60 Å². The highest BCUT2D eigenvalue weighted by Crippen LogP contribution is 2.52. The third kappa shape index (κ3) is 8.25. The van der Waals surface area contributed by atoms with Gasteiger partial charge in [0.2, 0.25) is 0 Å². The fourth-order valence-electron chi connectivity index (χ4n) is 6.11. The Hall–Kier alpha value is -2.55. The van der Waals surface area contributed by atoms with Gasteiger partial charge in [0.25, 0.3) is 0 Å². The number of benzene rings is 3. The molecule has 3 aromatic carbocycles. The maximum Gasteiger partial charge on any atom is 0.463 e. The van der Waals surface area contributed by atoms with Gasteiger partial charge in [-0.05, 0) is 76.2 Å². The van der Waals surface area contributed by atoms with Crippen molar-refractivity contribution in [3.63, 3.8) is 0 Å². The lowest BCUT2D eigenvalue weighted by Crippen LogP contribution is -2.19. The molecular formula is C40H57O4P. The Kier molecular flexibility index (Phi) is 9.86. The Balaban J connectivity index is 1.68. The summed E-state index contributed by atoms with van der Waals surface area (Å²) < 4.78 is 20.1. The first-order valence-electron chi connectivity index (χ1n) is 16.5. The summed E-state index contributed by atoms with van der Waals surface area (Å²) in [6.45, 7) is 31.2. The molecule has 0 radical (unpaired) electrons. The van der Waals surface area contributed by atoms with Gasteiger partial charge in [-0.15, -0.1) is 0 Å². The Bertz CT molecular complexity index is 1430. The van der Waals surface area contributed by atoms with Crippen LogP contribution in [0.3, 0.4) is 0 Å². The van der Waals surface area contributed by atoms with E-state index in [2.05, 4.69) is 133 Å². The lowest BCUT2D eigenvalue weighted by molar-refractivity contribution is 0.257. The summed E-state index contributed by atoms with van der Waals surface area (Å²) in [5.41, 5.74) is 9.86. The van der Waals surface area contributed by atoms with Gasteiger partial charge in [-0.2, -0.15) is 0 Å². The van der Waals surface area contributed by atoms with Gasteiger partial charge >= 0.3 is 8.60 Å². The normalized spacial score (nSPS) is 14.6. The Morgan fingerprint density at radius 3 is 1.40 bits per heavy atom. The Morgan fingerprint density at radius 2 is 1.02 bits per heavy atom. The maximum absolute atomic E-state index is 11.2. The molecule has 1 N–H and O–H groups in total. The van der Waals surface area contributed by atoms with Crippen molar-refractivity contribution in [1.29, 1.82) is 0 Å². The molecule has 246 valence electrons. The summed E-state index contributed by atoms with van der Waals surface area (Å²) in [6.07, 6.45) is 2.39. The topological polar surface area (TPSA) is 47.9 Å². The minimum atomic E-state index is -1.71. The number of phenols is 1. The predicted octanol–water partition coefficient (Wildman–Crippen LogP) is 11.4. The van der Waals surface area contributed by atoms with Crippen molar-refractivity contribution >= 4 is 8.60 Å². The number of aryl methyl sites for hydroxylation is 3. The van der Waals surface area contributed by atoms with E-state index in [9.17, 15) is 5.11 Å². The monoisotopic (exact) mass is 632 g/mol. The largest absolute Gasteiger partial charge is 0.507 e. The van der Waals surface area contributed by atoms with Crippen LogP contribution in [-0.2, 0) is 39.0 Å². The van der Waals surface area contributed by atoms with Crippen LogP contribution in [0, 0.1) is 13.8 Å². The van der Waals surface area contributed by atoms with Crippen LogP contribution in [0.1, 0.15) is 140 Å². The van der Waals surface area contributed by atoms with Crippen LogP contribution in [0.25, 0.3) is 0 Å². The van der Waals surface area contributed by atoms with Gasteiger partial charge in [0.15, 0.2) is 0 Å². The second-order valence-electron chi connectivity index (χ2n) is 17.2. The molecule has 1 heterocycles. The first-order valence-corrected chi connectivity index (χ1v) is 17.6. The highest BCUT2D eigenvalue weighted by atomic mass is 31.2. The van der Waals surface area contributed by atoms with Crippen LogP contribution in [0.2, 0.25) is 0 Å². The minimum Gasteiger partial charge on any atom is -0.507 e. The predicted molar refractivity (Wildman–Crippen MR) is 191 cm³/mol. The van der Waals surface area contributed by atoms with Gasteiger partial charge in [0, 0.05) is 17.5 Å². The molecule has 3 aromatic rings. The van der Waals surface area contributed by atoms with Crippen molar-refractivity contribution in [1.82, 2.24) is 0 Å². The van der Waals surface area contributed by atoms with Crippen molar-refractivity contribution in [3.05, 3.63) is 86.5 Å². The summed E-state index contributed by atoms with van der Waals surface area (Å²) in [4.78, 5) is 0. The van der Waals surface area contributed by atoms with E-state index in [-0.39, 0.29) is 21.7 Å². The number of hydrogen-bond donors (Lipinski definition) is 1. The summed E-state index contributed by atoms with van der Waals surface area (Å²) in [5, 5.41) is 11.2. The van der Waals surface area contributed by atoms with Crippen LogP contribution in [0.4, 0.5) is 0 Å². The maximum atomic E-state index is 11.2. The quantitative estimate of drug-likeness (QED) is 0.225. The Morgan fingerprint density at radius 1 is 0.622 bits per heavy atom. The van der Waals surface area contributed by atoms with Crippen molar-refractivity contribution in [2.24, 2.45) is 0 Å². The smallest absolute Gasteiger partial charge is 0.463 e. The zero-order valence-electron chi connectivity index (χ0n) is 30.4. The minimum absolute atomic E-state index is 0.100. The number of fused-ring (bicyclic) bond motifs is 2. The molecule has 0 atom stereocenters. The molecule has 45 heavy (non-hydrogen) atoms. The summed E-state index contributed by atoms with van der Waals surface area (Å²) >= 11 is 0. The molecule has 0 saturated carbocycles. The fraction of sp³-hybridized carbons (Fsp3) is 0.550. The molecule has 0 saturated heterocycles. The highest BCUT2D eigenvalue weighted by molar-refractivity contribution is 7.42. The SMILES string of the molecule is Cc1cc2c(c(C(C)(C)C)c1)OP(OCCCc1cc(C(C)(C)C)c(O)c(C(C)(C)C)c1)Oc1c(cc(C)cc1C(C)(C)C)C2. The van der Waals surface area contributed by atoms with E-state index in [1.165, 1.54) is 38.9 Å². The molecule has 4 rings (SSSR count). The lowest BCUT2D eigenvalue weighted by Gasteiger charge is -2.32. The zero-order valence-corrected chi connectivity index (χ0v) is 31.3. The van der Waals surface area contributed by atoms with Gasteiger partial charge in [-0.25, -0.2) is 0 Å². The molecule has 0 aliphatic carbocycles. The van der Waals surface area contributed by atoms with Crippen molar-refractivity contribution in [3.8, 4) is 17.2 Å². The van der Waals surface area contributed by atoms with Gasteiger partial charge in [-0.3, -0.25) is 4.52 Å². The van der Waals surface area contributed by atoms with Crippen LogP contribution < -0.4 is 9.05 Å². The molecule has 5 heteroatoms. The number of hydrogen-bond acceptors (Lipinski definition) is 4. The van der Waals surface area contributed by atoms with E-state index >= 15 is 0 Å². The third-order valence-electron chi connectivity index (χ3n) is 8.54. The fourth-order valence-corrected chi connectivity index (χ4v) is 7.26. The average molecular weight is 633 g/mol. The van der Waals surface area contributed by atoms with E-state index < -0.39 is 8.60 Å². The van der Waals surface area contributed by atoms with Crippen molar-refractivity contribution in [2.75, 3.05) is 6.61 Å². The highest BCUT2D eigenvalue weighted by Gasteiger charge is 2.33. The molecule has 4 nitrogen and oxygen atoms in total. The van der Waals surface area contributed by atoms with E-state index in [4.69, 9.17) is 13.6 Å². The van der Waals surface area contributed by atoms with Crippen LogP contribution in [-0.4, -0.2) is 11.7 Å². The molecule has 1 aliphatic heterocycles. The number of phenolic OH excluding ortho intramolecular Hbond substituents is 1. The third-order valence-corrected chi connectivity index (χ3v) is 9.60. The lowest BCUT2D eigenvalue weighted by atomic mass is 9.78.